The van der Waals surface area contributed by atoms with Crippen LogP contribution in [0.2, 0.25) is 0 Å². The van der Waals surface area contributed by atoms with E-state index in [4.69, 9.17) is 15.3 Å². The van der Waals surface area contributed by atoms with E-state index in [0.29, 0.717) is 19.6 Å². The Morgan fingerprint density at radius 1 is 0.769 bits per heavy atom. The molecule has 0 aliphatic rings. The molecule has 0 bridgehead atoms. The SMILES string of the molecule is C[C@H](O)C[NH+](C[C@H](C)O)C[C@@H](C)O. The van der Waals surface area contributed by atoms with Gasteiger partial charge in [-0.3, -0.25) is 0 Å². The van der Waals surface area contributed by atoms with Crippen molar-refractivity contribution in [3.8, 4) is 0 Å². The highest BCUT2D eigenvalue weighted by Crippen LogP contribution is 1.77. The highest BCUT2D eigenvalue weighted by molar-refractivity contribution is 4.48. The Balaban J connectivity index is 3.87. The van der Waals surface area contributed by atoms with Gasteiger partial charge in [0.15, 0.2) is 0 Å². The maximum atomic E-state index is 9.16. The van der Waals surface area contributed by atoms with E-state index in [1.165, 1.54) is 0 Å². The van der Waals surface area contributed by atoms with Crippen LogP contribution in [0.4, 0.5) is 0 Å². The van der Waals surface area contributed by atoms with Gasteiger partial charge >= 0.3 is 0 Å². The molecule has 0 fully saturated rings. The second-order valence-corrected chi connectivity index (χ2v) is 3.91. The molecule has 0 aromatic carbocycles. The molecule has 0 amide bonds. The van der Waals surface area contributed by atoms with Crippen molar-refractivity contribution in [3.63, 3.8) is 0 Å². The fourth-order valence-corrected chi connectivity index (χ4v) is 1.50. The van der Waals surface area contributed by atoms with Crippen LogP contribution in [-0.2, 0) is 0 Å². The highest BCUT2D eigenvalue weighted by atomic mass is 16.3. The molecule has 4 N–H and O–H groups in total. The summed E-state index contributed by atoms with van der Waals surface area (Å²) < 4.78 is 0. The number of hydrogen-bond acceptors (Lipinski definition) is 3. The Kier molecular flexibility index (Phi) is 6.24. The molecule has 0 heterocycles. The molecular weight excluding hydrogens is 170 g/mol. The van der Waals surface area contributed by atoms with Crippen LogP contribution in [0.15, 0.2) is 0 Å². The third kappa shape index (κ3) is 8.18. The van der Waals surface area contributed by atoms with Gasteiger partial charge in [0.1, 0.15) is 37.9 Å². The summed E-state index contributed by atoms with van der Waals surface area (Å²) >= 11 is 0. The summed E-state index contributed by atoms with van der Waals surface area (Å²) in [6.45, 7) is 6.83. The molecule has 80 valence electrons. The van der Waals surface area contributed by atoms with E-state index < -0.39 is 18.3 Å². The minimum atomic E-state index is -0.396. The lowest BCUT2D eigenvalue weighted by atomic mass is 10.2. The molecule has 0 aromatic rings. The minimum Gasteiger partial charge on any atom is -0.388 e. The van der Waals surface area contributed by atoms with Crippen molar-refractivity contribution in [1.82, 2.24) is 0 Å². The zero-order valence-electron chi connectivity index (χ0n) is 8.70. The van der Waals surface area contributed by atoms with E-state index in [1.54, 1.807) is 20.8 Å². The predicted octanol–water partition coefficient (Wildman–Crippen LogP) is -1.99. The third-order valence-corrected chi connectivity index (χ3v) is 1.75. The van der Waals surface area contributed by atoms with E-state index in [0.717, 1.165) is 4.90 Å². The van der Waals surface area contributed by atoms with Crippen molar-refractivity contribution in [2.24, 2.45) is 0 Å². The number of hydrogen-bond donors (Lipinski definition) is 4. The summed E-state index contributed by atoms with van der Waals surface area (Å²) in [5.74, 6) is 0. The first-order chi connectivity index (χ1) is 5.91. The molecule has 0 aliphatic heterocycles. The summed E-state index contributed by atoms with van der Waals surface area (Å²) in [6.07, 6.45) is -1.19. The van der Waals surface area contributed by atoms with Gasteiger partial charge in [-0.2, -0.15) is 0 Å². The van der Waals surface area contributed by atoms with Crippen molar-refractivity contribution in [2.45, 2.75) is 39.1 Å². The van der Waals surface area contributed by atoms with Gasteiger partial charge in [-0.05, 0) is 20.8 Å². The summed E-state index contributed by atoms with van der Waals surface area (Å²) in [5.41, 5.74) is 0. The first kappa shape index (κ1) is 12.8. The van der Waals surface area contributed by atoms with Crippen LogP contribution in [0.5, 0.6) is 0 Å². The van der Waals surface area contributed by atoms with E-state index in [1.807, 2.05) is 0 Å². The van der Waals surface area contributed by atoms with Crippen LogP contribution < -0.4 is 4.90 Å². The van der Waals surface area contributed by atoms with E-state index in [9.17, 15) is 0 Å². The lowest BCUT2D eigenvalue weighted by molar-refractivity contribution is -0.908. The third-order valence-electron chi connectivity index (χ3n) is 1.75. The summed E-state index contributed by atoms with van der Waals surface area (Å²) in [6, 6.07) is 0. The second kappa shape index (κ2) is 6.32. The van der Waals surface area contributed by atoms with Crippen molar-refractivity contribution >= 4 is 0 Å². The van der Waals surface area contributed by atoms with Crippen LogP contribution in [0, 0.1) is 0 Å². The maximum absolute atomic E-state index is 9.16. The Hall–Kier alpha value is -0.160. The molecule has 0 aromatic heterocycles. The predicted molar refractivity (Wildman–Crippen MR) is 50.6 cm³/mol. The van der Waals surface area contributed by atoms with Crippen LogP contribution in [0.3, 0.4) is 0 Å². The van der Waals surface area contributed by atoms with Gasteiger partial charge in [0.05, 0.1) is 0 Å². The average Bonchev–Trinajstić information content (AvgIpc) is 1.80. The first-order valence-electron chi connectivity index (χ1n) is 4.79. The van der Waals surface area contributed by atoms with Crippen molar-refractivity contribution < 1.29 is 20.2 Å². The topological polar surface area (TPSA) is 65.1 Å². The lowest BCUT2D eigenvalue weighted by Gasteiger charge is -2.23. The zero-order chi connectivity index (χ0) is 10.4. The van der Waals surface area contributed by atoms with E-state index in [-0.39, 0.29) is 0 Å². The Bertz CT molecular complexity index is 102. The van der Waals surface area contributed by atoms with Crippen molar-refractivity contribution in [2.75, 3.05) is 19.6 Å². The van der Waals surface area contributed by atoms with Gasteiger partial charge in [0.2, 0.25) is 0 Å². The lowest BCUT2D eigenvalue weighted by Crippen LogP contribution is -3.15. The van der Waals surface area contributed by atoms with Crippen LogP contribution >= 0.6 is 0 Å². The number of aliphatic hydroxyl groups excluding tert-OH is 3. The van der Waals surface area contributed by atoms with Crippen molar-refractivity contribution in [3.05, 3.63) is 0 Å². The molecule has 0 saturated carbocycles. The fourth-order valence-electron chi connectivity index (χ4n) is 1.50. The van der Waals surface area contributed by atoms with E-state index >= 15 is 0 Å². The number of rotatable bonds is 6. The van der Waals surface area contributed by atoms with Crippen LogP contribution in [0.1, 0.15) is 20.8 Å². The van der Waals surface area contributed by atoms with Gasteiger partial charge in [-0.25, -0.2) is 0 Å². The summed E-state index contributed by atoms with van der Waals surface area (Å²) in [4.78, 5) is 1.03. The molecule has 3 atom stereocenters. The van der Waals surface area contributed by atoms with Gasteiger partial charge in [0.25, 0.3) is 0 Å². The first-order valence-corrected chi connectivity index (χ1v) is 4.79. The molecule has 0 aliphatic carbocycles. The molecule has 4 nitrogen and oxygen atoms in total. The summed E-state index contributed by atoms with van der Waals surface area (Å²) in [7, 11) is 0. The number of quaternary nitrogens is 1. The number of aliphatic hydroxyl groups is 3. The highest BCUT2D eigenvalue weighted by Gasteiger charge is 2.16. The smallest absolute Gasteiger partial charge is 0.103 e. The quantitative estimate of drug-likeness (QED) is 0.394. The second-order valence-electron chi connectivity index (χ2n) is 3.91. The largest absolute Gasteiger partial charge is 0.388 e. The van der Waals surface area contributed by atoms with Gasteiger partial charge in [-0.1, -0.05) is 0 Å². The van der Waals surface area contributed by atoms with Crippen molar-refractivity contribution in [1.29, 1.82) is 0 Å². The summed E-state index contributed by atoms with van der Waals surface area (Å²) in [5, 5.41) is 27.5. The molecule has 0 saturated heterocycles. The average molecular weight is 192 g/mol. The maximum Gasteiger partial charge on any atom is 0.103 e. The minimum absolute atomic E-state index is 0.396. The van der Waals surface area contributed by atoms with Crippen LogP contribution in [0.25, 0.3) is 0 Å². The fraction of sp³-hybridized carbons (Fsp3) is 1.00. The molecule has 0 radical (unpaired) electrons. The standard InChI is InChI=1S/C9H21NO3/c1-7(11)4-10(5-8(2)12)6-9(3)13/h7-9,11-13H,4-6H2,1-3H3/p+1/t7-,8-,9+/m0/s1. The monoisotopic (exact) mass is 192 g/mol. The number of nitrogens with one attached hydrogen (secondary N) is 1. The molecule has 0 spiro atoms. The van der Waals surface area contributed by atoms with Gasteiger partial charge < -0.3 is 20.2 Å². The molecule has 0 rings (SSSR count). The molecule has 0 unspecified atom stereocenters. The van der Waals surface area contributed by atoms with Gasteiger partial charge in [0, 0.05) is 0 Å². The Morgan fingerprint density at radius 3 is 1.15 bits per heavy atom. The molecular formula is C9H22NO3+. The van der Waals surface area contributed by atoms with Gasteiger partial charge in [-0.15, -0.1) is 0 Å². The zero-order valence-corrected chi connectivity index (χ0v) is 8.70. The molecule has 4 heteroatoms. The Morgan fingerprint density at radius 2 is 1.00 bits per heavy atom. The Labute approximate surface area is 79.8 Å². The van der Waals surface area contributed by atoms with E-state index in [2.05, 4.69) is 0 Å². The van der Waals surface area contributed by atoms with Crippen LogP contribution in [-0.4, -0.2) is 53.3 Å². The molecule has 13 heavy (non-hydrogen) atoms. The normalized spacial score (nSPS) is 18.7.